The van der Waals surface area contributed by atoms with Crippen molar-refractivity contribution in [1.82, 2.24) is 10.2 Å². The fourth-order valence-corrected chi connectivity index (χ4v) is 4.17. The van der Waals surface area contributed by atoms with Crippen LogP contribution in [0.4, 0.5) is 14.5 Å². The number of nitrogens with one attached hydrogen (secondary N) is 1. The third kappa shape index (κ3) is 6.47. The third-order valence-corrected chi connectivity index (χ3v) is 6.16. The number of anilines is 1. The second-order valence-corrected chi connectivity index (χ2v) is 9.63. The molecule has 2 rings (SSSR count). The van der Waals surface area contributed by atoms with E-state index in [1.165, 1.54) is 18.9 Å². The molecule has 0 spiro atoms. The average Bonchev–Trinajstić information content (AvgIpc) is 2.70. The second kappa shape index (κ2) is 10.2. The molecule has 31 heavy (non-hydrogen) atoms. The van der Waals surface area contributed by atoms with Crippen LogP contribution in [0.5, 0.6) is 0 Å². The SMILES string of the molecule is CNC(=O)C(C)N(Cc1cccc(Br)c1)C(=O)CN(c1ccc(F)c(F)c1)S(C)(=O)=O. The molecule has 11 heteroatoms. The summed E-state index contributed by atoms with van der Waals surface area (Å²) in [5, 5.41) is 2.46. The van der Waals surface area contributed by atoms with Crippen LogP contribution in [0.1, 0.15) is 12.5 Å². The van der Waals surface area contributed by atoms with Crippen molar-refractivity contribution >= 4 is 43.5 Å². The van der Waals surface area contributed by atoms with Crippen molar-refractivity contribution in [3.63, 3.8) is 0 Å². The first-order valence-corrected chi connectivity index (χ1v) is 11.8. The van der Waals surface area contributed by atoms with E-state index in [2.05, 4.69) is 21.2 Å². The highest BCUT2D eigenvalue weighted by molar-refractivity contribution is 9.10. The largest absolute Gasteiger partial charge is 0.357 e. The predicted octanol–water partition coefficient (Wildman–Crippen LogP) is 2.66. The molecule has 2 amide bonds. The molecule has 1 unspecified atom stereocenters. The maximum absolute atomic E-state index is 13.7. The molecule has 0 aliphatic rings. The fourth-order valence-electron chi connectivity index (χ4n) is 2.88. The van der Waals surface area contributed by atoms with Gasteiger partial charge < -0.3 is 10.2 Å². The maximum atomic E-state index is 13.7. The summed E-state index contributed by atoms with van der Waals surface area (Å²) in [5.41, 5.74) is 0.502. The minimum atomic E-state index is -4.02. The molecular formula is C20H22BrF2N3O4S. The van der Waals surface area contributed by atoms with Crippen LogP contribution in [0.15, 0.2) is 46.9 Å². The van der Waals surface area contributed by atoms with Gasteiger partial charge in [-0.1, -0.05) is 28.1 Å². The van der Waals surface area contributed by atoms with Crippen molar-refractivity contribution in [2.45, 2.75) is 19.5 Å². The Kier molecular flexibility index (Phi) is 8.13. The number of hydrogen-bond donors (Lipinski definition) is 1. The zero-order chi connectivity index (χ0) is 23.3. The number of sulfonamides is 1. The van der Waals surface area contributed by atoms with E-state index in [9.17, 15) is 26.8 Å². The first kappa shape index (κ1) is 24.7. The molecule has 1 N–H and O–H groups in total. The Balaban J connectivity index is 2.40. The first-order valence-electron chi connectivity index (χ1n) is 9.12. The first-order chi connectivity index (χ1) is 14.4. The molecule has 0 bridgehead atoms. The van der Waals surface area contributed by atoms with Crippen LogP contribution in [0.3, 0.4) is 0 Å². The number of benzene rings is 2. The van der Waals surface area contributed by atoms with Gasteiger partial charge in [-0.25, -0.2) is 17.2 Å². The minimum Gasteiger partial charge on any atom is -0.357 e. The molecule has 0 aliphatic heterocycles. The lowest BCUT2D eigenvalue weighted by molar-refractivity contribution is -0.139. The summed E-state index contributed by atoms with van der Waals surface area (Å²) in [6.07, 6.45) is 0.850. The molecule has 7 nitrogen and oxygen atoms in total. The highest BCUT2D eigenvalue weighted by Gasteiger charge is 2.30. The summed E-state index contributed by atoms with van der Waals surface area (Å²) in [4.78, 5) is 26.6. The molecule has 2 aromatic rings. The van der Waals surface area contributed by atoms with Crippen LogP contribution < -0.4 is 9.62 Å². The smallest absolute Gasteiger partial charge is 0.244 e. The molecule has 0 saturated heterocycles. The molecule has 0 saturated carbocycles. The van der Waals surface area contributed by atoms with Gasteiger partial charge in [-0.2, -0.15) is 0 Å². The van der Waals surface area contributed by atoms with Crippen LogP contribution in [-0.4, -0.2) is 51.0 Å². The van der Waals surface area contributed by atoms with E-state index in [1.54, 1.807) is 24.3 Å². The Morgan fingerprint density at radius 1 is 1.13 bits per heavy atom. The standard InChI is InChI=1S/C20H22BrF2N3O4S/c1-13(20(28)24-2)25(11-14-5-4-6-15(21)9-14)19(27)12-26(31(3,29)30)16-7-8-17(22)18(23)10-16/h4-10,13H,11-12H2,1-3H3,(H,24,28). The normalized spacial score (nSPS) is 12.2. The second-order valence-electron chi connectivity index (χ2n) is 6.81. The van der Waals surface area contributed by atoms with Gasteiger partial charge >= 0.3 is 0 Å². The minimum absolute atomic E-state index is 0.0300. The summed E-state index contributed by atoms with van der Waals surface area (Å²) < 4.78 is 53.0. The molecular weight excluding hydrogens is 496 g/mol. The van der Waals surface area contributed by atoms with E-state index in [-0.39, 0.29) is 12.2 Å². The van der Waals surface area contributed by atoms with Crippen LogP contribution in [0.25, 0.3) is 0 Å². The number of rotatable bonds is 8. The van der Waals surface area contributed by atoms with Gasteiger partial charge in [-0.05, 0) is 36.8 Å². The van der Waals surface area contributed by atoms with Crippen LogP contribution in [-0.2, 0) is 26.2 Å². The number of halogens is 3. The molecule has 0 aromatic heterocycles. The van der Waals surface area contributed by atoms with Gasteiger partial charge in [0.1, 0.15) is 12.6 Å². The number of carbonyl (C=O) groups is 2. The zero-order valence-electron chi connectivity index (χ0n) is 17.1. The lowest BCUT2D eigenvalue weighted by Crippen LogP contribution is -2.50. The molecule has 0 heterocycles. The Labute approximate surface area is 188 Å². The highest BCUT2D eigenvalue weighted by atomic mass is 79.9. The summed E-state index contributed by atoms with van der Waals surface area (Å²) in [5.74, 6) is -3.52. The van der Waals surface area contributed by atoms with Gasteiger partial charge in [0.05, 0.1) is 11.9 Å². The Bertz CT molecular complexity index is 1080. The number of nitrogens with zero attached hydrogens (tertiary/aromatic N) is 2. The quantitative estimate of drug-likeness (QED) is 0.583. The lowest BCUT2D eigenvalue weighted by Gasteiger charge is -2.31. The van der Waals surface area contributed by atoms with Gasteiger partial charge in [0.15, 0.2) is 11.6 Å². The summed E-state index contributed by atoms with van der Waals surface area (Å²) in [7, 11) is -2.60. The van der Waals surface area contributed by atoms with E-state index in [1.807, 2.05) is 0 Å². The van der Waals surface area contributed by atoms with Crippen molar-refractivity contribution in [1.29, 1.82) is 0 Å². The van der Waals surface area contributed by atoms with E-state index in [0.29, 0.717) is 15.9 Å². The topological polar surface area (TPSA) is 86.8 Å². The molecule has 168 valence electrons. The molecule has 0 fully saturated rings. The van der Waals surface area contributed by atoms with E-state index in [4.69, 9.17) is 0 Å². The van der Waals surface area contributed by atoms with Crippen molar-refractivity contribution in [3.8, 4) is 0 Å². The van der Waals surface area contributed by atoms with Crippen LogP contribution >= 0.6 is 15.9 Å². The van der Waals surface area contributed by atoms with Crippen molar-refractivity contribution in [2.24, 2.45) is 0 Å². The molecule has 0 aliphatic carbocycles. The van der Waals surface area contributed by atoms with Crippen molar-refractivity contribution in [2.75, 3.05) is 24.2 Å². The van der Waals surface area contributed by atoms with Gasteiger partial charge in [0.2, 0.25) is 21.8 Å². The van der Waals surface area contributed by atoms with Crippen LogP contribution in [0, 0.1) is 11.6 Å². The molecule has 1 atom stereocenters. The summed E-state index contributed by atoms with van der Waals surface area (Å²) in [6.45, 7) is 0.846. The van der Waals surface area contributed by atoms with Crippen LogP contribution in [0.2, 0.25) is 0 Å². The lowest BCUT2D eigenvalue weighted by atomic mass is 10.1. The fraction of sp³-hybridized carbons (Fsp3) is 0.300. The van der Waals surface area contributed by atoms with Crippen molar-refractivity contribution in [3.05, 3.63) is 64.1 Å². The Morgan fingerprint density at radius 2 is 1.81 bits per heavy atom. The number of likely N-dealkylation sites (N-methyl/N-ethyl adjacent to an activating group) is 1. The monoisotopic (exact) mass is 517 g/mol. The number of carbonyl (C=O) groups excluding carboxylic acids is 2. The van der Waals surface area contributed by atoms with E-state index in [0.717, 1.165) is 22.9 Å². The van der Waals surface area contributed by atoms with Gasteiger partial charge in [-0.3, -0.25) is 13.9 Å². The van der Waals surface area contributed by atoms with Gasteiger partial charge in [-0.15, -0.1) is 0 Å². The maximum Gasteiger partial charge on any atom is 0.244 e. The van der Waals surface area contributed by atoms with Gasteiger partial charge in [0.25, 0.3) is 0 Å². The summed E-state index contributed by atoms with van der Waals surface area (Å²) >= 11 is 3.34. The predicted molar refractivity (Wildman–Crippen MR) is 117 cm³/mol. The Hall–Kier alpha value is -2.53. The number of amides is 2. The summed E-state index contributed by atoms with van der Waals surface area (Å²) in [6, 6.07) is 8.70. The highest BCUT2D eigenvalue weighted by Crippen LogP contribution is 2.22. The van der Waals surface area contributed by atoms with E-state index < -0.39 is 46.1 Å². The Morgan fingerprint density at radius 3 is 2.35 bits per heavy atom. The average molecular weight is 518 g/mol. The van der Waals surface area contributed by atoms with Crippen molar-refractivity contribution < 1.29 is 26.8 Å². The van der Waals surface area contributed by atoms with E-state index >= 15 is 0 Å². The third-order valence-electron chi connectivity index (χ3n) is 4.53. The molecule has 2 aromatic carbocycles. The molecule has 0 radical (unpaired) electrons. The zero-order valence-corrected chi connectivity index (χ0v) is 19.5. The number of hydrogen-bond acceptors (Lipinski definition) is 4. The van der Waals surface area contributed by atoms with Gasteiger partial charge in [0, 0.05) is 24.1 Å².